The average Bonchev–Trinajstić information content (AvgIpc) is 3.04. The quantitative estimate of drug-likeness (QED) is 0.927. The maximum absolute atomic E-state index is 12.4. The van der Waals surface area contributed by atoms with Gasteiger partial charge in [0.25, 0.3) is 5.91 Å². The van der Waals surface area contributed by atoms with E-state index in [1.54, 1.807) is 18.0 Å². The van der Waals surface area contributed by atoms with Crippen molar-refractivity contribution in [1.82, 2.24) is 10.2 Å². The third-order valence-electron chi connectivity index (χ3n) is 4.66. The first-order valence-electron chi connectivity index (χ1n) is 8.43. The first kappa shape index (κ1) is 15.8. The number of benzene rings is 1. The molecule has 0 bridgehead atoms. The number of hydrogen-bond acceptors (Lipinski definition) is 3. The predicted molar refractivity (Wildman–Crippen MR) is 87.5 cm³/mol. The second kappa shape index (κ2) is 7.02. The largest absolute Gasteiger partial charge is 0.490 e. The van der Waals surface area contributed by atoms with Crippen LogP contribution in [0.2, 0.25) is 0 Å². The van der Waals surface area contributed by atoms with Gasteiger partial charge in [-0.3, -0.25) is 9.59 Å². The molecule has 2 fully saturated rings. The summed E-state index contributed by atoms with van der Waals surface area (Å²) in [5.41, 5.74) is 0.611. The van der Waals surface area contributed by atoms with Gasteiger partial charge in [-0.15, -0.1) is 0 Å². The molecule has 5 heteroatoms. The van der Waals surface area contributed by atoms with Crippen molar-refractivity contribution in [2.45, 2.75) is 50.7 Å². The second-order valence-electron chi connectivity index (χ2n) is 6.54. The van der Waals surface area contributed by atoms with E-state index < -0.39 is 0 Å². The number of nitrogens with zero attached hydrogens (tertiary/aromatic N) is 1. The standard InChI is InChI=1S/C18H24N2O3/c1-20-12-14(9-10-17(20)21)19-18(22)13-5-4-8-16(11-13)23-15-6-2-3-7-15/h4-5,8,11,14-15H,2-3,6-7,9-10,12H2,1H3,(H,19,22)/t14-/m1/s1. The van der Waals surface area contributed by atoms with Gasteiger partial charge in [0.1, 0.15) is 5.75 Å². The van der Waals surface area contributed by atoms with Crippen LogP contribution < -0.4 is 10.1 Å². The summed E-state index contributed by atoms with van der Waals surface area (Å²) in [4.78, 5) is 25.6. The van der Waals surface area contributed by atoms with Crippen LogP contribution in [-0.2, 0) is 4.79 Å². The summed E-state index contributed by atoms with van der Waals surface area (Å²) in [7, 11) is 1.77. The number of likely N-dealkylation sites (N-methyl/N-ethyl adjacent to an activating group) is 1. The predicted octanol–water partition coefficient (Wildman–Crippen LogP) is 2.36. The Morgan fingerprint density at radius 1 is 1.26 bits per heavy atom. The summed E-state index contributed by atoms with van der Waals surface area (Å²) in [5, 5.41) is 3.02. The number of likely N-dealkylation sites (tertiary alicyclic amines) is 1. The minimum absolute atomic E-state index is 0.0182. The molecule has 124 valence electrons. The first-order valence-corrected chi connectivity index (χ1v) is 8.43. The zero-order valence-electron chi connectivity index (χ0n) is 13.6. The topological polar surface area (TPSA) is 58.6 Å². The Morgan fingerprint density at radius 3 is 2.78 bits per heavy atom. The molecular formula is C18H24N2O3. The Labute approximate surface area is 137 Å². The number of ether oxygens (including phenoxy) is 1. The van der Waals surface area contributed by atoms with Crippen molar-refractivity contribution >= 4 is 11.8 Å². The van der Waals surface area contributed by atoms with Crippen LogP contribution in [0.1, 0.15) is 48.9 Å². The lowest BCUT2D eigenvalue weighted by atomic mass is 10.0. The maximum atomic E-state index is 12.4. The van der Waals surface area contributed by atoms with Crippen LogP contribution in [-0.4, -0.2) is 42.5 Å². The minimum Gasteiger partial charge on any atom is -0.490 e. The molecule has 1 atom stereocenters. The molecule has 0 spiro atoms. The van der Waals surface area contributed by atoms with Crippen LogP contribution in [0.15, 0.2) is 24.3 Å². The highest BCUT2D eigenvalue weighted by Crippen LogP contribution is 2.24. The Morgan fingerprint density at radius 2 is 2.04 bits per heavy atom. The molecule has 1 aliphatic carbocycles. The highest BCUT2D eigenvalue weighted by atomic mass is 16.5. The molecule has 0 radical (unpaired) electrons. The number of carbonyl (C=O) groups excluding carboxylic acids is 2. The zero-order valence-corrected chi connectivity index (χ0v) is 13.6. The molecule has 1 aliphatic heterocycles. The Balaban J connectivity index is 1.59. The molecule has 3 rings (SSSR count). The number of nitrogens with one attached hydrogen (secondary N) is 1. The molecule has 1 aromatic rings. The SMILES string of the molecule is CN1C[C@H](NC(=O)c2cccc(OC3CCCC3)c2)CCC1=O. The summed E-state index contributed by atoms with van der Waals surface area (Å²) in [5.74, 6) is 0.803. The summed E-state index contributed by atoms with van der Waals surface area (Å²) in [6, 6.07) is 7.39. The lowest BCUT2D eigenvalue weighted by Gasteiger charge is -2.30. The van der Waals surface area contributed by atoms with E-state index in [9.17, 15) is 9.59 Å². The highest BCUT2D eigenvalue weighted by molar-refractivity contribution is 5.95. The number of carbonyl (C=O) groups is 2. The molecule has 5 nitrogen and oxygen atoms in total. The van der Waals surface area contributed by atoms with Crippen LogP contribution in [0.4, 0.5) is 0 Å². The lowest BCUT2D eigenvalue weighted by Crippen LogP contribution is -2.48. The Bertz CT molecular complexity index is 581. The monoisotopic (exact) mass is 316 g/mol. The summed E-state index contributed by atoms with van der Waals surface area (Å²) in [6.07, 6.45) is 6.11. The van der Waals surface area contributed by atoms with Crippen molar-refractivity contribution in [3.63, 3.8) is 0 Å². The maximum Gasteiger partial charge on any atom is 0.251 e. The fourth-order valence-electron chi connectivity index (χ4n) is 3.31. The lowest BCUT2D eigenvalue weighted by molar-refractivity contribution is -0.132. The third-order valence-corrected chi connectivity index (χ3v) is 4.66. The van der Waals surface area contributed by atoms with Gasteiger partial charge in [-0.05, 0) is 50.3 Å². The zero-order chi connectivity index (χ0) is 16.2. The van der Waals surface area contributed by atoms with Crippen molar-refractivity contribution in [2.24, 2.45) is 0 Å². The van der Waals surface area contributed by atoms with Crippen LogP contribution in [0, 0.1) is 0 Å². The summed E-state index contributed by atoms with van der Waals surface area (Å²) in [6.45, 7) is 0.572. The van der Waals surface area contributed by atoms with E-state index in [1.807, 2.05) is 18.2 Å². The normalized spacial score (nSPS) is 22.2. The fraction of sp³-hybridized carbons (Fsp3) is 0.556. The molecule has 1 saturated heterocycles. The first-order chi connectivity index (χ1) is 11.1. The molecule has 23 heavy (non-hydrogen) atoms. The van der Waals surface area contributed by atoms with E-state index in [0.717, 1.165) is 18.6 Å². The molecule has 2 amide bonds. The minimum atomic E-state index is -0.102. The van der Waals surface area contributed by atoms with Gasteiger partial charge in [-0.25, -0.2) is 0 Å². The van der Waals surface area contributed by atoms with Gasteiger partial charge in [-0.2, -0.15) is 0 Å². The van der Waals surface area contributed by atoms with Crippen molar-refractivity contribution in [3.8, 4) is 5.75 Å². The van der Waals surface area contributed by atoms with Crippen LogP contribution >= 0.6 is 0 Å². The van der Waals surface area contributed by atoms with E-state index in [4.69, 9.17) is 4.74 Å². The van der Waals surface area contributed by atoms with Crippen molar-refractivity contribution in [2.75, 3.05) is 13.6 Å². The molecule has 1 saturated carbocycles. The average molecular weight is 316 g/mol. The molecule has 0 unspecified atom stereocenters. The summed E-state index contributed by atoms with van der Waals surface area (Å²) >= 11 is 0. The number of amides is 2. The molecule has 1 N–H and O–H groups in total. The van der Waals surface area contributed by atoms with Gasteiger partial charge in [0.05, 0.1) is 6.10 Å². The van der Waals surface area contributed by atoms with Crippen LogP contribution in [0.3, 0.4) is 0 Å². The number of piperidine rings is 1. The molecule has 1 aromatic carbocycles. The number of hydrogen-bond donors (Lipinski definition) is 1. The molecule has 1 heterocycles. The van der Waals surface area contributed by atoms with Crippen LogP contribution in [0.25, 0.3) is 0 Å². The Kier molecular flexibility index (Phi) is 4.84. The van der Waals surface area contributed by atoms with Gasteiger partial charge in [0, 0.05) is 31.6 Å². The molecule has 0 aromatic heterocycles. The van der Waals surface area contributed by atoms with Crippen molar-refractivity contribution in [1.29, 1.82) is 0 Å². The van der Waals surface area contributed by atoms with Crippen molar-refractivity contribution in [3.05, 3.63) is 29.8 Å². The van der Waals surface area contributed by atoms with Crippen molar-refractivity contribution < 1.29 is 14.3 Å². The second-order valence-corrected chi connectivity index (χ2v) is 6.54. The van der Waals surface area contributed by atoms with E-state index in [2.05, 4.69) is 5.32 Å². The van der Waals surface area contributed by atoms with E-state index in [-0.39, 0.29) is 24.0 Å². The van der Waals surface area contributed by atoms with E-state index in [1.165, 1.54) is 12.8 Å². The Hall–Kier alpha value is -2.04. The van der Waals surface area contributed by atoms with E-state index >= 15 is 0 Å². The fourth-order valence-corrected chi connectivity index (χ4v) is 3.31. The highest BCUT2D eigenvalue weighted by Gasteiger charge is 2.24. The van der Waals surface area contributed by atoms with Gasteiger partial charge in [0.2, 0.25) is 5.91 Å². The van der Waals surface area contributed by atoms with Gasteiger partial charge in [-0.1, -0.05) is 6.07 Å². The van der Waals surface area contributed by atoms with Gasteiger partial charge >= 0.3 is 0 Å². The van der Waals surface area contributed by atoms with E-state index in [0.29, 0.717) is 24.9 Å². The van der Waals surface area contributed by atoms with Gasteiger partial charge in [0.15, 0.2) is 0 Å². The molecular weight excluding hydrogens is 292 g/mol. The van der Waals surface area contributed by atoms with Gasteiger partial charge < -0.3 is 15.0 Å². The molecule has 2 aliphatic rings. The van der Waals surface area contributed by atoms with Crippen LogP contribution in [0.5, 0.6) is 5.75 Å². The smallest absolute Gasteiger partial charge is 0.251 e. The number of rotatable bonds is 4. The summed E-state index contributed by atoms with van der Waals surface area (Å²) < 4.78 is 5.95. The third kappa shape index (κ3) is 4.03.